The van der Waals surface area contributed by atoms with Crippen LogP contribution in [0.15, 0.2) is 24.4 Å². The number of fused-ring (bicyclic) bond motifs is 1. The molecule has 0 aliphatic heterocycles. The fraction of sp³-hybridized carbons (Fsp3) is 0.450. The van der Waals surface area contributed by atoms with Gasteiger partial charge in [-0.1, -0.05) is 11.6 Å². The number of amides is 2. The maximum Gasteiger partial charge on any atom is 0.387 e. The lowest BCUT2D eigenvalue weighted by Crippen LogP contribution is -2.37. The SMILES string of the molecule is NC(=O)CCC1CCC(NC(=O)c2cnc3cc(OC(F)F)c(Cl)cc3c2)CC1. The van der Waals surface area contributed by atoms with E-state index in [4.69, 9.17) is 17.3 Å². The molecule has 0 spiro atoms. The van der Waals surface area contributed by atoms with Crippen LogP contribution in [0, 0.1) is 5.92 Å². The van der Waals surface area contributed by atoms with Crippen molar-refractivity contribution in [3.63, 3.8) is 0 Å². The lowest BCUT2D eigenvalue weighted by Gasteiger charge is -2.29. The molecule has 1 aliphatic rings. The van der Waals surface area contributed by atoms with E-state index >= 15 is 0 Å². The van der Waals surface area contributed by atoms with Crippen molar-refractivity contribution in [1.82, 2.24) is 10.3 Å². The van der Waals surface area contributed by atoms with Crippen molar-refractivity contribution in [2.45, 2.75) is 51.2 Å². The second-order valence-corrected chi connectivity index (χ2v) is 7.68. The van der Waals surface area contributed by atoms with Crippen LogP contribution in [0.5, 0.6) is 5.75 Å². The summed E-state index contributed by atoms with van der Waals surface area (Å²) in [5.41, 5.74) is 5.96. The Labute approximate surface area is 171 Å². The maximum atomic E-state index is 12.6. The molecule has 1 aliphatic carbocycles. The normalized spacial score (nSPS) is 19.3. The molecule has 156 valence electrons. The highest BCUT2D eigenvalue weighted by Crippen LogP contribution is 2.31. The van der Waals surface area contributed by atoms with Crippen LogP contribution < -0.4 is 15.8 Å². The molecular formula is C20H22ClF2N3O3. The van der Waals surface area contributed by atoms with E-state index in [2.05, 4.69) is 15.0 Å². The maximum absolute atomic E-state index is 12.6. The van der Waals surface area contributed by atoms with Gasteiger partial charge in [0.2, 0.25) is 5.91 Å². The van der Waals surface area contributed by atoms with Gasteiger partial charge in [0.25, 0.3) is 5.91 Å². The summed E-state index contributed by atoms with van der Waals surface area (Å²) >= 11 is 5.98. The minimum Gasteiger partial charge on any atom is -0.433 e. The van der Waals surface area contributed by atoms with Crippen molar-refractivity contribution in [2.75, 3.05) is 0 Å². The number of nitrogens with two attached hydrogens (primary N) is 1. The van der Waals surface area contributed by atoms with Crippen molar-refractivity contribution in [2.24, 2.45) is 11.7 Å². The minimum atomic E-state index is -2.99. The number of nitrogens with zero attached hydrogens (tertiary/aromatic N) is 1. The van der Waals surface area contributed by atoms with Crippen LogP contribution >= 0.6 is 11.6 Å². The predicted octanol–water partition coefficient (Wildman–Crippen LogP) is 4.04. The van der Waals surface area contributed by atoms with Crippen LogP contribution in [0.1, 0.15) is 48.9 Å². The van der Waals surface area contributed by atoms with Crippen LogP contribution in [0.25, 0.3) is 10.9 Å². The van der Waals surface area contributed by atoms with E-state index in [0.29, 0.717) is 28.8 Å². The quantitative estimate of drug-likeness (QED) is 0.699. The molecule has 9 heteroatoms. The van der Waals surface area contributed by atoms with Crippen LogP contribution in [-0.4, -0.2) is 29.5 Å². The van der Waals surface area contributed by atoms with Gasteiger partial charge in [-0.05, 0) is 50.2 Å². The fourth-order valence-electron chi connectivity index (χ4n) is 3.65. The summed E-state index contributed by atoms with van der Waals surface area (Å²) < 4.78 is 29.2. The number of carbonyl (C=O) groups excluding carboxylic acids is 2. The molecule has 3 rings (SSSR count). The molecule has 0 bridgehead atoms. The Morgan fingerprint density at radius 1 is 1.24 bits per heavy atom. The zero-order valence-electron chi connectivity index (χ0n) is 15.7. The third-order valence-electron chi connectivity index (χ3n) is 5.19. The van der Waals surface area contributed by atoms with Gasteiger partial charge in [-0.3, -0.25) is 14.6 Å². The minimum absolute atomic E-state index is 0.0199. The Morgan fingerprint density at radius 2 is 1.97 bits per heavy atom. The summed E-state index contributed by atoms with van der Waals surface area (Å²) in [5.74, 6) is -0.224. The smallest absolute Gasteiger partial charge is 0.387 e. The van der Waals surface area contributed by atoms with E-state index < -0.39 is 6.61 Å². The molecule has 1 fully saturated rings. The molecule has 0 atom stereocenters. The van der Waals surface area contributed by atoms with E-state index in [1.54, 1.807) is 6.07 Å². The van der Waals surface area contributed by atoms with Crippen LogP contribution in [0.4, 0.5) is 8.78 Å². The third kappa shape index (κ3) is 5.76. The summed E-state index contributed by atoms with van der Waals surface area (Å²) in [5, 5.41) is 3.58. The predicted molar refractivity (Wildman–Crippen MR) is 105 cm³/mol. The first-order valence-corrected chi connectivity index (χ1v) is 9.83. The first-order valence-electron chi connectivity index (χ1n) is 9.45. The van der Waals surface area contributed by atoms with Crippen molar-refractivity contribution in [1.29, 1.82) is 0 Å². The van der Waals surface area contributed by atoms with E-state index in [-0.39, 0.29) is 28.6 Å². The van der Waals surface area contributed by atoms with Gasteiger partial charge in [0.1, 0.15) is 5.75 Å². The second kappa shape index (κ2) is 9.35. The molecule has 6 nitrogen and oxygen atoms in total. The molecule has 1 heterocycles. The molecule has 1 aromatic carbocycles. The first kappa shape index (κ1) is 21.2. The molecule has 2 amide bonds. The highest BCUT2D eigenvalue weighted by Gasteiger charge is 2.23. The number of pyridine rings is 1. The number of nitrogens with one attached hydrogen (secondary N) is 1. The van der Waals surface area contributed by atoms with Gasteiger partial charge in [-0.25, -0.2) is 0 Å². The number of hydrogen-bond donors (Lipinski definition) is 2. The zero-order chi connectivity index (χ0) is 21.0. The number of hydrogen-bond acceptors (Lipinski definition) is 4. The Morgan fingerprint density at radius 3 is 2.62 bits per heavy atom. The fourth-order valence-corrected chi connectivity index (χ4v) is 3.87. The molecular weight excluding hydrogens is 404 g/mol. The van der Waals surface area contributed by atoms with Crippen molar-refractivity contribution in [3.05, 3.63) is 35.0 Å². The second-order valence-electron chi connectivity index (χ2n) is 7.27. The Bertz CT molecular complexity index is 902. The number of ether oxygens (including phenoxy) is 1. The summed E-state index contributed by atoms with van der Waals surface area (Å²) in [6.07, 6.45) is 6.16. The van der Waals surface area contributed by atoms with Gasteiger partial charge < -0.3 is 15.8 Å². The van der Waals surface area contributed by atoms with Crippen LogP contribution in [0.2, 0.25) is 5.02 Å². The molecule has 2 aromatic rings. The average molecular weight is 426 g/mol. The lowest BCUT2D eigenvalue weighted by atomic mass is 9.83. The molecule has 0 saturated heterocycles. The summed E-state index contributed by atoms with van der Waals surface area (Å²) in [7, 11) is 0. The zero-order valence-corrected chi connectivity index (χ0v) is 16.4. The van der Waals surface area contributed by atoms with Gasteiger partial charge in [-0.15, -0.1) is 0 Å². The van der Waals surface area contributed by atoms with Crippen molar-refractivity contribution >= 4 is 34.3 Å². The first-order chi connectivity index (χ1) is 13.8. The Hall–Kier alpha value is -2.48. The largest absolute Gasteiger partial charge is 0.433 e. The number of benzene rings is 1. The number of halogens is 3. The Balaban J connectivity index is 1.62. The number of carbonyl (C=O) groups is 2. The molecule has 0 radical (unpaired) electrons. The van der Waals surface area contributed by atoms with Gasteiger partial charge in [0.05, 0.1) is 16.1 Å². The summed E-state index contributed by atoms with van der Waals surface area (Å²) in [4.78, 5) is 27.6. The molecule has 1 aromatic heterocycles. The van der Waals surface area contributed by atoms with Crippen molar-refractivity contribution in [3.8, 4) is 5.75 Å². The number of primary amides is 1. The van der Waals surface area contributed by atoms with E-state index in [0.717, 1.165) is 32.1 Å². The van der Waals surface area contributed by atoms with E-state index in [9.17, 15) is 18.4 Å². The topological polar surface area (TPSA) is 94.3 Å². The highest BCUT2D eigenvalue weighted by atomic mass is 35.5. The highest BCUT2D eigenvalue weighted by molar-refractivity contribution is 6.32. The number of aromatic nitrogens is 1. The Kier molecular flexibility index (Phi) is 6.84. The van der Waals surface area contributed by atoms with Gasteiger partial charge in [-0.2, -0.15) is 8.78 Å². The van der Waals surface area contributed by atoms with Crippen LogP contribution in [0.3, 0.4) is 0 Å². The molecule has 29 heavy (non-hydrogen) atoms. The summed E-state index contributed by atoms with van der Waals surface area (Å²) in [6, 6.07) is 4.45. The third-order valence-corrected chi connectivity index (χ3v) is 5.49. The van der Waals surface area contributed by atoms with Gasteiger partial charge in [0, 0.05) is 30.1 Å². The molecule has 3 N–H and O–H groups in total. The molecule has 1 saturated carbocycles. The number of alkyl halides is 2. The van der Waals surface area contributed by atoms with Gasteiger partial charge >= 0.3 is 6.61 Å². The van der Waals surface area contributed by atoms with E-state index in [1.807, 2.05) is 0 Å². The lowest BCUT2D eigenvalue weighted by molar-refractivity contribution is -0.118. The average Bonchev–Trinajstić information content (AvgIpc) is 2.67. The molecule has 0 unspecified atom stereocenters. The van der Waals surface area contributed by atoms with Crippen LogP contribution in [-0.2, 0) is 4.79 Å². The summed E-state index contributed by atoms with van der Waals surface area (Å²) in [6.45, 7) is -2.99. The van der Waals surface area contributed by atoms with Crippen molar-refractivity contribution < 1.29 is 23.1 Å². The van der Waals surface area contributed by atoms with E-state index in [1.165, 1.54) is 18.3 Å². The van der Waals surface area contributed by atoms with Gasteiger partial charge in [0.15, 0.2) is 0 Å². The number of rotatable bonds is 7. The standard InChI is InChI=1S/C20H22ClF2N3O3/c21-15-8-12-7-13(10-25-16(12)9-17(15)29-20(22)23)19(28)26-14-4-1-11(2-5-14)3-6-18(24)27/h7-11,14,20H,1-6H2,(H2,24,27)(H,26,28). The monoisotopic (exact) mass is 425 g/mol.